The largest absolute Gasteiger partial charge is 0.352 e. The monoisotopic (exact) mass is 507 g/mol. The van der Waals surface area contributed by atoms with Crippen LogP contribution in [0.25, 0.3) is 0 Å². The average Bonchev–Trinajstić information content (AvgIpc) is 3.07. The first-order valence-electron chi connectivity index (χ1n) is 11.7. The molecule has 4 amide bonds. The molecule has 1 N–H and O–H groups in total. The van der Waals surface area contributed by atoms with Gasteiger partial charge in [0.1, 0.15) is 6.04 Å². The van der Waals surface area contributed by atoms with Gasteiger partial charge >= 0.3 is 0 Å². The number of amides is 4. The molecule has 0 spiro atoms. The lowest BCUT2D eigenvalue weighted by atomic mass is 9.85. The van der Waals surface area contributed by atoms with E-state index in [-0.39, 0.29) is 61.0 Å². The molecule has 2 aliphatic rings. The zero-order valence-electron chi connectivity index (χ0n) is 19.7. The summed E-state index contributed by atoms with van der Waals surface area (Å²) in [4.78, 5) is 54.3. The summed E-state index contributed by atoms with van der Waals surface area (Å²) in [7, 11) is 0. The van der Waals surface area contributed by atoms with Crippen LogP contribution in [0, 0.1) is 11.8 Å². The molecule has 7 nitrogen and oxygen atoms in total. The van der Waals surface area contributed by atoms with Gasteiger partial charge in [-0.05, 0) is 50.8 Å². The van der Waals surface area contributed by atoms with Crippen LogP contribution in [0.5, 0.6) is 0 Å². The molecular formula is C25H31Cl2N3O4. The fraction of sp³-hybridized carbons (Fsp3) is 0.520. The highest BCUT2D eigenvalue weighted by molar-refractivity contribution is 6.42. The Kier molecular flexibility index (Phi) is 8.77. The third-order valence-electron chi connectivity index (χ3n) is 6.65. The van der Waals surface area contributed by atoms with Crippen molar-refractivity contribution >= 4 is 46.8 Å². The quantitative estimate of drug-likeness (QED) is 0.404. The Morgan fingerprint density at radius 3 is 2.26 bits per heavy atom. The van der Waals surface area contributed by atoms with E-state index in [0.717, 1.165) is 12.0 Å². The maximum Gasteiger partial charge on any atom is 0.242 e. The lowest BCUT2D eigenvalue weighted by Gasteiger charge is -2.30. The van der Waals surface area contributed by atoms with Crippen molar-refractivity contribution in [3.8, 4) is 0 Å². The molecule has 1 aliphatic carbocycles. The normalized spacial score (nSPS) is 21.3. The molecule has 3 rings (SSSR count). The summed E-state index contributed by atoms with van der Waals surface area (Å²) in [5, 5.41) is 3.66. The lowest BCUT2D eigenvalue weighted by molar-refractivity contribution is -0.143. The molecule has 0 bridgehead atoms. The van der Waals surface area contributed by atoms with E-state index in [4.69, 9.17) is 23.2 Å². The van der Waals surface area contributed by atoms with Crippen LogP contribution in [0.1, 0.15) is 52.0 Å². The van der Waals surface area contributed by atoms with Crippen LogP contribution in [0.3, 0.4) is 0 Å². The van der Waals surface area contributed by atoms with Gasteiger partial charge in [0.05, 0.1) is 21.9 Å². The van der Waals surface area contributed by atoms with Crippen molar-refractivity contribution in [1.82, 2.24) is 15.1 Å². The third kappa shape index (κ3) is 5.81. The molecule has 1 aromatic rings. The van der Waals surface area contributed by atoms with E-state index in [9.17, 15) is 19.2 Å². The smallest absolute Gasteiger partial charge is 0.242 e. The summed E-state index contributed by atoms with van der Waals surface area (Å²) in [5.74, 6) is -1.70. The number of rotatable bonds is 9. The second-order valence-corrected chi connectivity index (χ2v) is 9.81. The molecule has 1 fully saturated rings. The second kappa shape index (κ2) is 11.4. The van der Waals surface area contributed by atoms with Gasteiger partial charge in [0.25, 0.3) is 0 Å². The van der Waals surface area contributed by atoms with E-state index >= 15 is 0 Å². The van der Waals surface area contributed by atoms with Gasteiger partial charge in [-0.2, -0.15) is 0 Å². The molecule has 9 heteroatoms. The molecule has 1 aliphatic heterocycles. The van der Waals surface area contributed by atoms with E-state index < -0.39 is 6.04 Å². The fourth-order valence-corrected chi connectivity index (χ4v) is 4.64. The third-order valence-corrected chi connectivity index (χ3v) is 7.39. The first kappa shape index (κ1) is 26.2. The zero-order valence-corrected chi connectivity index (χ0v) is 21.2. The van der Waals surface area contributed by atoms with Crippen LogP contribution in [-0.4, -0.2) is 52.1 Å². The van der Waals surface area contributed by atoms with Gasteiger partial charge < -0.3 is 10.2 Å². The summed E-state index contributed by atoms with van der Waals surface area (Å²) in [6.45, 7) is 5.67. The van der Waals surface area contributed by atoms with Crippen LogP contribution in [0.15, 0.2) is 30.4 Å². The number of carbonyl (C=O) groups excluding carboxylic acids is 4. The molecule has 1 heterocycles. The standard InChI is InChI=1S/C25H31Cl2N3O4/c1-4-15(2)28-23(32)16(3)30(14-17-9-10-20(26)21(27)13-17)22(31)11-12-29-24(33)18-7-5-6-8-19(18)25(29)34/h5-6,9-10,13,15-16,18-19H,4,7-8,11-12,14H2,1-3H3,(H,28,32)/t15-,16-,18-,19+/m1/s1. The summed E-state index contributed by atoms with van der Waals surface area (Å²) < 4.78 is 0. The predicted octanol–water partition coefficient (Wildman–Crippen LogP) is 3.97. The van der Waals surface area contributed by atoms with Gasteiger partial charge in [-0.1, -0.05) is 48.3 Å². The van der Waals surface area contributed by atoms with Gasteiger partial charge in [-0.3, -0.25) is 24.1 Å². The number of hydrogen-bond acceptors (Lipinski definition) is 4. The number of benzene rings is 1. The van der Waals surface area contributed by atoms with Crippen LogP contribution in [0.4, 0.5) is 0 Å². The maximum absolute atomic E-state index is 13.3. The lowest BCUT2D eigenvalue weighted by Crippen LogP contribution is -2.50. The highest BCUT2D eigenvalue weighted by Crippen LogP contribution is 2.35. The molecule has 1 aromatic carbocycles. The van der Waals surface area contributed by atoms with Crippen molar-refractivity contribution < 1.29 is 19.2 Å². The molecule has 0 unspecified atom stereocenters. The molecule has 0 saturated carbocycles. The van der Waals surface area contributed by atoms with Crippen molar-refractivity contribution in [2.24, 2.45) is 11.8 Å². The minimum absolute atomic E-state index is 0.00107. The Morgan fingerprint density at radius 2 is 1.71 bits per heavy atom. The number of fused-ring (bicyclic) bond motifs is 1. The van der Waals surface area contributed by atoms with Crippen LogP contribution in [-0.2, 0) is 25.7 Å². The Bertz CT molecular complexity index is 970. The Labute approximate surface area is 210 Å². The average molecular weight is 508 g/mol. The number of likely N-dealkylation sites (tertiary alicyclic amines) is 1. The molecular weight excluding hydrogens is 477 g/mol. The molecule has 184 valence electrons. The van der Waals surface area contributed by atoms with Gasteiger partial charge in [-0.25, -0.2) is 0 Å². The minimum Gasteiger partial charge on any atom is -0.352 e. The van der Waals surface area contributed by atoms with Crippen molar-refractivity contribution in [3.63, 3.8) is 0 Å². The van der Waals surface area contributed by atoms with Crippen LogP contribution >= 0.6 is 23.2 Å². The van der Waals surface area contributed by atoms with Crippen molar-refractivity contribution in [1.29, 1.82) is 0 Å². The number of carbonyl (C=O) groups is 4. The number of hydrogen-bond donors (Lipinski definition) is 1. The summed E-state index contributed by atoms with van der Waals surface area (Å²) in [6.07, 6.45) is 5.66. The SMILES string of the molecule is CC[C@@H](C)NC(=O)[C@@H](C)N(Cc1ccc(Cl)c(Cl)c1)C(=O)CCN1C(=O)[C@H]2CC=CC[C@H]2C1=O. The minimum atomic E-state index is -0.757. The van der Waals surface area contributed by atoms with Gasteiger partial charge in [0, 0.05) is 25.6 Å². The van der Waals surface area contributed by atoms with Gasteiger partial charge in [0.15, 0.2) is 0 Å². The number of halogens is 2. The van der Waals surface area contributed by atoms with Crippen LogP contribution < -0.4 is 5.32 Å². The highest BCUT2D eigenvalue weighted by Gasteiger charge is 2.47. The van der Waals surface area contributed by atoms with Crippen LogP contribution in [0.2, 0.25) is 10.0 Å². The first-order valence-corrected chi connectivity index (χ1v) is 12.4. The Balaban J connectivity index is 1.74. The summed E-state index contributed by atoms with van der Waals surface area (Å²) in [5.41, 5.74) is 0.719. The summed E-state index contributed by atoms with van der Waals surface area (Å²) in [6, 6.07) is 4.26. The molecule has 4 atom stereocenters. The molecule has 34 heavy (non-hydrogen) atoms. The first-order chi connectivity index (χ1) is 16.1. The highest BCUT2D eigenvalue weighted by atomic mass is 35.5. The van der Waals surface area contributed by atoms with E-state index in [2.05, 4.69) is 5.32 Å². The second-order valence-electron chi connectivity index (χ2n) is 9.00. The summed E-state index contributed by atoms with van der Waals surface area (Å²) >= 11 is 12.2. The van der Waals surface area contributed by atoms with Crippen molar-refractivity contribution in [3.05, 3.63) is 46.0 Å². The van der Waals surface area contributed by atoms with Crippen molar-refractivity contribution in [2.75, 3.05) is 6.54 Å². The number of imide groups is 1. The molecule has 1 saturated heterocycles. The molecule has 0 aromatic heterocycles. The zero-order chi connectivity index (χ0) is 25.0. The number of allylic oxidation sites excluding steroid dienone is 2. The van der Waals surface area contributed by atoms with Crippen molar-refractivity contribution in [2.45, 2.75) is 65.1 Å². The number of nitrogens with zero attached hydrogens (tertiary/aromatic N) is 2. The topological polar surface area (TPSA) is 86.8 Å². The number of nitrogens with one attached hydrogen (secondary N) is 1. The fourth-order valence-electron chi connectivity index (χ4n) is 4.32. The van der Waals surface area contributed by atoms with E-state index in [1.807, 2.05) is 26.0 Å². The Morgan fingerprint density at radius 1 is 1.09 bits per heavy atom. The van der Waals surface area contributed by atoms with E-state index in [1.165, 1.54) is 9.80 Å². The van der Waals surface area contributed by atoms with Gasteiger partial charge in [-0.15, -0.1) is 0 Å². The Hall–Kier alpha value is -2.38. The van der Waals surface area contributed by atoms with E-state index in [0.29, 0.717) is 22.9 Å². The predicted molar refractivity (Wildman–Crippen MR) is 131 cm³/mol. The maximum atomic E-state index is 13.3. The molecule has 0 radical (unpaired) electrons. The van der Waals surface area contributed by atoms with Gasteiger partial charge in [0.2, 0.25) is 23.6 Å². The van der Waals surface area contributed by atoms with E-state index in [1.54, 1.807) is 25.1 Å².